The number of Topliss-reactive ketones (excluding diaryl/α,β-unsaturated/α-hetero) is 1. The van der Waals surface area contributed by atoms with Crippen LogP contribution < -0.4 is 0 Å². The highest BCUT2D eigenvalue weighted by Crippen LogP contribution is 2.12. The van der Waals surface area contributed by atoms with Crippen LogP contribution in [0.3, 0.4) is 0 Å². The monoisotopic (exact) mass is 167 g/mol. The van der Waals surface area contributed by atoms with Crippen molar-refractivity contribution in [2.45, 2.75) is 20.8 Å². The van der Waals surface area contributed by atoms with Gasteiger partial charge in [0.2, 0.25) is 0 Å². The van der Waals surface area contributed by atoms with Crippen molar-refractivity contribution in [2.24, 2.45) is 15.6 Å². The van der Waals surface area contributed by atoms with Crippen molar-refractivity contribution in [3.05, 3.63) is 0 Å². The predicted molar refractivity (Wildman–Crippen MR) is 48.2 cm³/mol. The Morgan fingerprint density at radius 1 is 1.42 bits per heavy atom. The molecule has 1 aliphatic heterocycles. The van der Waals surface area contributed by atoms with E-state index in [0.29, 0.717) is 0 Å². The van der Waals surface area contributed by atoms with Crippen LogP contribution in [-0.4, -0.2) is 29.9 Å². The van der Waals surface area contributed by atoms with Gasteiger partial charge in [0.15, 0.2) is 5.78 Å². The maximum absolute atomic E-state index is 10.7. The minimum atomic E-state index is -0.0900. The Labute approximate surface area is 71.9 Å². The molecule has 4 nitrogen and oxygen atoms in total. The Balaban J connectivity index is 2.55. The molecule has 1 heterocycles. The van der Waals surface area contributed by atoms with E-state index >= 15 is 0 Å². The van der Waals surface area contributed by atoms with E-state index in [-0.39, 0.29) is 17.7 Å². The minimum Gasteiger partial charge on any atom is -0.298 e. The zero-order valence-corrected chi connectivity index (χ0v) is 7.61. The van der Waals surface area contributed by atoms with E-state index in [0.717, 1.165) is 0 Å². The Morgan fingerprint density at radius 3 is 2.33 bits per heavy atom. The van der Waals surface area contributed by atoms with Crippen LogP contribution in [0.5, 0.6) is 0 Å². The van der Waals surface area contributed by atoms with E-state index in [2.05, 4.69) is 10.2 Å². The molecular formula is C8H13N3O. The molecule has 0 fully saturated rings. The largest absolute Gasteiger partial charge is 0.298 e. The third kappa shape index (κ3) is 2.45. The van der Waals surface area contributed by atoms with Crippen molar-refractivity contribution in [1.82, 2.24) is 5.12 Å². The summed E-state index contributed by atoms with van der Waals surface area (Å²) in [6, 6.07) is 0. The van der Waals surface area contributed by atoms with Gasteiger partial charge in [0.05, 0.1) is 0 Å². The highest BCUT2D eigenvalue weighted by Gasteiger charge is 2.17. The molecule has 0 radical (unpaired) electrons. The SMILES string of the molecule is CC(=O)CN1N=CC(C)(C)C=N1. The Morgan fingerprint density at radius 2 is 1.92 bits per heavy atom. The third-order valence-electron chi connectivity index (χ3n) is 1.41. The average molecular weight is 167 g/mol. The van der Waals surface area contributed by atoms with Crippen LogP contribution in [0.15, 0.2) is 10.2 Å². The van der Waals surface area contributed by atoms with E-state index in [1.54, 1.807) is 12.4 Å². The summed E-state index contributed by atoms with van der Waals surface area (Å²) in [6.45, 7) is 5.78. The molecule has 0 aliphatic carbocycles. The van der Waals surface area contributed by atoms with E-state index < -0.39 is 0 Å². The molecule has 0 aromatic rings. The van der Waals surface area contributed by atoms with Gasteiger partial charge in [0.1, 0.15) is 6.54 Å². The molecule has 0 atom stereocenters. The highest BCUT2D eigenvalue weighted by atomic mass is 16.1. The molecule has 0 aromatic heterocycles. The summed E-state index contributed by atoms with van der Waals surface area (Å²) < 4.78 is 0. The molecule has 4 heteroatoms. The summed E-state index contributed by atoms with van der Waals surface area (Å²) >= 11 is 0. The Hall–Kier alpha value is -1.19. The summed E-state index contributed by atoms with van der Waals surface area (Å²) in [5.41, 5.74) is -0.0900. The Bertz CT molecular complexity index is 227. The highest BCUT2D eigenvalue weighted by molar-refractivity contribution is 5.89. The van der Waals surface area contributed by atoms with Gasteiger partial charge in [-0.2, -0.15) is 15.3 Å². The lowest BCUT2D eigenvalue weighted by atomic mass is 9.97. The Kier molecular flexibility index (Phi) is 2.26. The van der Waals surface area contributed by atoms with Crippen LogP contribution in [0.1, 0.15) is 20.8 Å². The van der Waals surface area contributed by atoms with Crippen LogP contribution in [0, 0.1) is 5.41 Å². The number of carbonyl (C=O) groups excluding carboxylic acids is 1. The zero-order valence-electron chi connectivity index (χ0n) is 7.61. The molecule has 0 aromatic carbocycles. The van der Waals surface area contributed by atoms with Crippen molar-refractivity contribution >= 4 is 18.2 Å². The number of hydrogen-bond acceptors (Lipinski definition) is 4. The fourth-order valence-electron chi connectivity index (χ4n) is 0.775. The molecule has 1 rings (SSSR count). The summed E-state index contributed by atoms with van der Waals surface area (Å²) in [5.74, 6) is 0.0593. The summed E-state index contributed by atoms with van der Waals surface area (Å²) in [6.07, 6.45) is 3.56. The van der Waals surface area contributed by atoms with Crippen LogP contribution in [0.4, 0.5) is 0 Å². The first-order chi connectivity index (χ1) is 5.49. The first-order valence-corrected chi connectivity index (χ1v) is 3.87. The molecule has 0 bridgehead atoms. The molecular weight excluding hydrogens is 154 g/mol. The van der Waals surface area contributed by atoms with E-state index in [1.807, 2.05) is 13.8 Å². The van der Waals surface area contributed by atoms with Crippen molar-refractivity contribution in [2.75, 3.05) is 6.54 Å². The van der Waals surface area contributed by atoms with Gasteiger partial charge >= 0.3 is 0 Å². The second kappa shape index (κ2) is 3.05. The number of hydrazone groups is 2. The third-order valence-corrected chi connectivity index (χ3v) is 1.41. The first-order valence-electron chi connectivity index (χ1n) is 3.87. The molecule has 0 saturated heterocycles. The number of rotatable bonds is 2. The fourth-order valence-corrected chi connectivity index (χ4v) is 0.775. The molecule has 1 aliphatic rings. The molecule has 66 valence electrons. The maximum Gasteiger partial charge on any atom is 0.153 e. The molecule has 12 heavy (non-hydrogen) atoms. The van der Waals surface area contributed by atoms with Crippen molar-refractivity contribution in [1.29, 1.82) is 0 Å². The number of ketones is 1. The van der Waals surface area contributed by atoms with Crippen LogP contribution in [0.25, 0.3) is 0 Å². The lowest BCUT2D eigenvalue weighted by Crippen LogP contribution is -2.28. The number of hydrogen-bond donors (Lipinski definition) is 0. The van der Waals surface area contributed by atoms with Gasteiger partial charge in [-0.15, -0.1) is 0 Å². The average Bonchev–Trinajstić information content (AvgIpc) is 1.93. The van der Waals surface area contributed by atoms with Crippen molar-refractivity contribution in [3.8, 4) is 0 Å². The first kappa shape index (κ1) is 8.90. The van der Waals surface area contributed by atoms with Gasteiger partial charge in [-0.05, 0) is 20.8 Å². The second-order valence-electron chi connectivity index (χ2n) is 3.54. The summed E-state index contributed by atoms with van der Waals surface area (Å²) in [4.78, 5) is 10.7. The molecule has 0 unspecified atom stereocenters. The lowest BCUT2D eigenvalue weighted by Gasteiger charge is -2.21. The van der Waals surface area contributed by atoms with Crippen LogP contribution >= 0.6 is 0 Å². The van der Waals surface area contributed by atoms with Gasteiger partial charge in [-0.25, -0.2) is 0 Å². The maximum atomic E-state index is 10.7. The van der Waals surface area contributed by atoms with Crippen LogP contribution in [0.2, 0.25) is 0 Å². The standard InChI is InChI=1S/C8H13N3O/c1-7(12)4-11-9-5-8(2,3)6-10-11/h5-6H,4H2,1-3H3. The second-order valence-corrected chi connectivity index (χ2v) is 3.54. The quantitative estimate of drug-likeness (QED) is 0.613. The van der Waals surface area contributed by atoms with Gasteiger partial charge in [-0.3, -0.25) is 4.79 Å². The lowest BCUT2D eigenvalue weighted by molar-refractivity contribution is -0.118. The van der Waals surface area contributed by atoms with E-state index in [4.69, 9.17) is 0 Å². The summed E-state index contributed by atoms with van der Waals surface area (Å²) in [5, 5.41) is 9.42. The number of carbonyl (C=O) groups is 1. The molecule has 0 spiro atoms. The van der Waals surface area contributed by atoms with Gasteiger partial charge < -0.3 is 0 Å². The van der Waals surface area contributed by atoms with Gasteiger partial charge in [0.25, 0.3) is 0 Å². The van der Waals surface area contributed by atoms with Gasteiger partial charge in [0, 0.05) is 17.8 Å². The minimum absolute atomic E-state index is 0.0593. The predicted octanol–water partition coefficient (Wildman–Crippen LogP) is 0.889. The zero-order chi connectivity index (χ0) is 9.19. The van der Waals surface area contributed by atoms with Gasteiger partial charge in [-0.1, -0.05) is 0 Å². The molecule has 0 amide bonds. The van der Waals surface area contributed by atoms with Crippen molar-refractivity contribution < 1.29 is 4.79 Å². The van der Waals surface area contributed by atoms with Crippen molar-refractivity contribution in [3.63, 3.8) is 0 Å². The van der Waals surface area contributed by atoms with E-state index in [1.165, 1.54) is 12.0 Å². The normalized spacial score (nSPS) is 19.8. The summed E-state index contributed by atoms with van der Waals surface area (Å²) in [7, 11) is 0. The number of nitrogens with zero attached hydrogens (tertiary/aromatic N) is 3. The molecule has 0 saturated carbocycles. The van der Waals surface area contributed by atoms with Crippen LogP contribution in [-0.2, 0) is 4.79 Å². The molecule has 0 N–H and O–H groups in total. The van der Waals surface area contributed by atoms with E-state index in [9.17, 15) is 4.79 Å². The smallest absolute Gasteiger partial charge is 0.153 e. The topological polar surface area (TPSA) is 45.0 Å². The fraction of sp³-hybridized carbons (Fsp3) is 0.625.